The van der Waals surface area contributed by atoms with Crippen LogP contribution in [0.5, 0.6) is 5.75 Å². The van der Waals surface area contributed by atoms with Gasteiger partial charge >= 0.3 is 0 Å². The van der Waals surface area contributed by atoms with Crippen molar-refractivity contribution < 1.29 is 9.47 Å². The van der Waals surface area contributed by atoms with E-state index in [1.54, 1.807) is 0 Å². The van der Waals surface area contributed by atoms with Gasteiger partial charge in [-0.3, -0.25) is 0 Å². The van der Waals surface area contributed by atoms with Crippen molar-refractivity contribution in [3.63, 3.8) is 0 Å². The molecule has 0 saturated heterocycles. The maximum absolute atomic E-state index is 5.63. The smallest absolute Gasteiger partial charge is 0.133 e. The molecule has 1 atom stereocenters. The lowest BCUT2D eigenvalue weighted by Gasteiger charge is -2.15. The summed E-state index contributed by atoms with van der Waals surface area (Å²) in [5, 5.41) is 0. The van der Waals surface area contributed by atoms with E-state index in [0.29, 0.717) is 19.8 Å². The van der Waals surface area contributed by atoms with Gasteiger partial charge in [0.05, 0.1) is 17.2 Å². The lowest BCUT2D eigenvalue weighted by molar-refractivity contribution is 0.0526. The fraction of sp³-hybridized carbons (Fsp3) is 0.500. The Kier molecular flexibility index (Phi) is 6.45. The van der Waals surface area contributed by atoms with Crippen molar-refractivity contribution in [2.45, 2.75) is 19.4 Å². The van der Waals surface area contributed by atoms with E-state index in [4.69, 9.17) is 15.2 Å². The quantitative estimate of drug-likeness (QED) is 0.838. The normalized spacial score (nSPS) is 12.4. The molecule has 4 heteroatoms. The molecular formula is C12H18BrNO2. The molecular weight excluding hydrogens is 270 g/mol. The second kappa shape index (κ2) is 7.65. The Morgan fingerprint density at radius 3 is 2.75 bits per heavy atom. The van der Waals surface area contributed by atoms with E-state index < -0.39 is 0 Å². The summed E-state index contributed by atoms with van der Waals surface area (Å²) in [6.07, 6.45) is 0.901. The van der Waals surface area contributed by atoms with E-state index in [2.05, 4.69) is 15.9 Å². The average Bonchev–Trinajstić information content (AvgIpc) is 2.30. The molecule has 0 spiro atoms. The third kappa shape index (κ3) is 4.51. The van der Waals surface area contributed by atoms with Crippen molar-refractivity contribution in [3.05, 3.63) is 28.7 Å². The molecule has 0 radical (unpaired) electrons. The topological polar surface area (TPSA) is 44.5 Å². The number of halogens is 1. The van der Waals surface area contributed by atoms with Gasteiger partial charge in [0.2, 0.25) is 0 Å². The van der Waals surface area contributed by atoms with Crippen LogP contribution in [0.15, 0.2) is 28.7 Å². The van der Waals surface area contributed by atoms with Crippen molar-refractivity contribution in [1.82, 2.24) is 0 Å². The van der Waals surface area contributed by atoms with E-state index in [9.17, 15) is 0 Å². The Hall–Kier alpha value is -0.580. The minimum atomic E-state index is 0.0903. The summed E-state index contributed by atoms with van der Waals surface area (Å²) in [5.41, 5.74) is 5.58. The van der Waals surface area contributed by atoms with Crippen LogP contribution in [0, 0.1) is 0 Å². The van der Waals surface area contributed by atoms with Crippen LogP contribution in [-0.2, 0) is 4.74 Å². The molecule has 3 nitrogen and oxygen atoms in total. The zero-order valence-corrected chi connectivity index (χ0v) is 11.1. The molecule has 2 N–H and O–H groups in total. The van der Waals surface area contributed by atoms with Crippen LogP contribution < -0.4 is 10.5 Å². The van der Waals surface area contributed by atoms with Crippen LogP contribution in [0.25, 0.3) is 0 Å². The van der Waals surface area contributed by atoms with Crippen molar-refractivity contribution in [1.29, 1.82) is 0 Å². The molecule has 1 rings (SSSR count). The molecule has 0 amide bonds. The van der Waals surface area contributed by atoms with E-state index in [0.717, 1.165) is 16.6 Å². The number of para-hydroxylation sites is 1. The second-order valence-electron chi connectivity index (χ2n) is 3.38. The monoisotopic (exact) mass is 287 g/mol. The van der Waals surface area contributed by atoms with Crippen LogP contribution in [0.3, 0.4) is 0 Å². The SMILES string of the molecule is CCOC(CN)CCOc1ccccc1Br. The highest BCUT2D eigenvalue weighted by atomic mass is 79.9. The summed E-state index contributed by atoms with van der Waals surface area (Å²) >= 11 is 3.43. The first-order valence-corrected chi connectivity index (χ1v) is 6.26. The second-order valence-corrected chi connectivity index (χ2v) is 4.23. The number of hydrogen-bond acceptors (Lipinski definition) is 3. The highest BCUT2D eigenvalue weighted by Crippen LogP contribution is 2.23. The minimum Gasteiger partial charge on any atom is -0.492 e. The molecule has 90 valence electrons. The summed E-state index contributed by atoms with van der Waals surface area (Å²) < 4.78 is 12.0. The molecule has 0 aromatic heterocycles. The van der Waals surface area contributed by atoms with Crippen molar-refractivity contribution in [2.24, 2.45) is 5.73 Å². The Morgan fingerprint density at radius 1 is 1.38 bits per heavy atom. The molecule has 0 saturated carbocycles. The van der Waals surface area contributed by atoms with Crippen LogP contribution in [0.2, 0.25) is 0 Å². The number of hydrogen-bond donors (Lipinski definition) is 1. The molecule has 0 bridgehead atoms. The van der Waals surface area contributed by atoms with Gasteiger partial charge in [-0.25, -0.2) is 0 Å². The number of ether oxygens (including phenoxy) is 2. The summed E-state index contributed by atoms with van der Waals surface area (Å²) in [5.74, 6) is 0.856. The molecule has 0 aliphatic heterocycles. The van der Waals surface area contributed by atoms with Gasteiger partial charge in [-0.1, -0.05) is 12.1 Å². The fourth-order valence-electron chi connectivity index (χ4n) is 1.37. The first-order valence-electron chi connectivity index (χ1n) is 5.47. The predicted octanol–water partition coefficient (Wildman–Crippen LogP) is 2.58. The van der Waals surface area contributed by atoms with Crippen molar-refractivity contribution >= 4 is 15.9 Å². The van der Waals surface area contributed by atoms with Gasteiger partial charge in [0.15, 0.2) is 0 Å². The maximum atomic E-state index is 5.63. The third-order valence-electron chi connectivity index (χ3n) is 2.20. The molecule has 0 fully saturated rings. The summed E-state index contributed by atoms with van der Waals surface area (Å²) in [6.45, 7) is 3.81. The van der Waals surface area contributed by atoms with Gasteiger partial charge < -0.3 is 15.2 Å². The van der Waals surface area contributed by atoms with Crippen LogP contribution >= 0.6 is 15.9 Å². The molecule has 1 unspecified atom stereocenters. The van der Waals surface area contributed by atoms with Gasteiger partial charge in [0.1, 0.15) is 5.75 Å². The summed E-state index contributed by atoms with van der Waals surface area (Å²) in [4.78, 5) is 0. The fourth-order valence-corrected chi connectivity index (χ4v) is 1.77. The Labute approximate surface area is 105 Å². The average molecular weight is 288 g/mol. The molecule has 1 aromatic carbocycles. The molecule has 0 aliphatic carbocycles. The molecule has 0 heterocycles. The van der Waals surface area contributed by atoms with Gasteiger partial charge in [0, 0.05) is 19.6 Å². The van der Waals surface area contributed by atoms with Crippen molar-refractivity contribution in [2.75, 3.05) is 19.8 Å². The standard InChI is InChI=1S/C12H18BrNO2/c1-2-15-10(9-14)7-8-16-12-6-4-3-5-11(12)13/h3-6,10H,2,7-9,14H2,1H3. The van der Waals surface area contributed by atoms with E-state index in [1.807, 2.05) is 31.2 Å². The largest absolute Gasteiger partial charge is 0.492 e. The Morgan fingerprint density at radius 2 is 2.12 bits per heavy atom. The highest BCUT2D eigenvalue weighted by Gasteiger charge is 2.06. The lowest BCUT2D eigenvalue weighted by Crippen LogP contribution is -2.25. The Balaban J connectivity index is 2.32. The number of rotatable bonds is 7. The summed E-state index contributed by atoms with van der Waals surface area (Å²) in [6, 6.07) is 7.80. The first kappa shape index (κ1) is 13.5. The number of nitrogens with two attached hydrogens (primary N) is 1. The lowest BCUT2D eigenvalue weighted by atomic mass is 10.2. The van der Waals surface area contributed by atoms with E-state index >= 15 is 0 Å². The van der Waals surface area contributed by atoms with Gasteiger partial charge in [-0.15, -0.1) is 0 Å². The Bertz CT molecular complexity index is 307. The molecule has 16 heavy (non-hydrogen) atoms. The minimum absolute atomic E-state index is 0.0903. The first-order chi connectivity index (χ1) is 7.77. The zero-order chi connectivity index (χ0) is 11.8. The number of benzene rings is 1. The van der Waals surface area contributed by atoms with E-state index in [1.165, 1.54) is 0 Å². The maximum Gasteiger partial charge on any atom is 0.133 e. The molecule has 1 aromatic rings. The zero-order valence-electron chi connectivity index (χ0n) is 9.49. The van der Waals surface area contributed by atoms with Gasteiger partial charge in [-0.05, 0) is 35.0 Å². The van der Waals surface area contributed by atoms with Crippen LogP contribution in [0.1, 0.15) is 13.3 Å². The van der Waals surface area contributed by atoms with Crippen molar-refractivity contribution in [3.8, 4) is 5.75 Å². The van der Waals surface area contributed by atoms with Gasteiger partial charge in [-0.2, -0.15) is 0 Å². The van der Waals surface area contributed by atoms with Crippen LogP contribution in [0.4, 0.5) is 0 Å². The van der Waals surface area contributed by atoms with Gasteiger partial charge in [0.25, 0.3) is 0 Å². The highest BCUT2D eigenvalue weighted by molar-refractivity contribution is 9.10. The predicted molar refractivity (Wildman–Crippen MR) is 68.7 cm³/mol. The van der Waals surface area contributed by atoms with E-state index in [-0.39, 0.29) is 6.10 Å². The van der Waals surface area contributed by atoms with Crippen LogP contribution in [-0.4, -0.2) is 25.9 Å². The molecule has 0 aliphatic rings. The summed E-state index contributed by atoms with van der Waals surface area (Å²) in [7, 11) is 0. The third-order valence-corrected chi connectivity index (χ3v) is 2.85.